The number of carboxylic acid groups (broad SMARTS) is 1. The van der Waals surface area contributed by atoms with Crippen molar-refractivity contribution in [2.75, 3.05) is 0 Å². The van der Waals surface area contributed by atoms with Crippen molar-refractivity contribution < 1.29 is 26.3 Å². The Kier molecular flexibility index (Phi) is 17.1. The number of aliphatic hydroxyl groups is 2. The van der Waals surface area contributed by atoms with Gasteiger partial charge in [-0.1, -0.05) is 45.2 Å². The minimum atomic E-state index is -0.999. The quantitative estimate of drug-likeness (QED) is 0.105. The summed E-state index contributed by atoms with van der Waals surface area (Å²) in [6, 6.07) is 15.2. The first-order valence-corrected chi connectivity index (χ1v) is 20.5. The summed E-state index contributed by atoms with van der Waals surface area (Å²) in [5.41, 5.74) is 13.8. The maximum atomic E-state index is 12.8. The third-order valence-corrected chi connectivity index (χ3v) is 11.9. The smallest absolute Gasteiger partial charge is 0.354 e. The van der Waals surface area contributed by atoms with E-state index in [0.29, 0.717) is 18.5 Å². The van der Waals surface area contributed by atoms with E-state index < -0.39 is 12.1 Å². The van der Waals surface area contributed by atoms with Crippen LogP contribution in [0, 0.1) is 13.8 Å². The monoisotopic (exact) mass is 834 g/mol. The Bertz CT molecular complexity index is 2210. The van der Waals surface area contributed by atoms with Gasteiger partial charge < -0.3 is 26.4 Å². The molecule has 0 bridgehead atoms. The summed E-state index contributed by atoms with van der Waals surface area (Å²) in [5, 5.41) is 35.2. The van der Waals surface area contributed by atoms with E-state index in [-0.39, 0.29) is 52.1 Å². The van der Waals surface area contributed by atoms with Crippen LogP contribution >= 0.6 is 36.2 Å². The second-order valence-corrected chi connectivity index (χ2v) is 16.2. The maximum absolute atomic E-state index is 12.8. The van der Waals surface area contributed by atoms with Crippen molar-refractivity contribution in [3.8, 4) is 0 Å². The van der Waals surface area contributed by atoms with Gasteiger partial charge in [0.25, 0.3) is 5.91 Å². The summed E-state index contributed by atoms with van der Waals surface area (Å²) in [4.78, 5) is 41.3. The molecule has 306 valence electrons. The van der Waals surface area contributed by atoms with Gasteiger partial charge >= 0.3 is 5.97 Å². The Morgan fingerprint density at radius 1 is 0.754 bits per heavy atom. The summed E-state index contributed by atoms with van der Waals surface area (Å²) in [5.74, 6) is -1.21. The number of nitrogens with two attached hydrogens (primary N) is 1. The lowest BCUT2D eigenvalue weighted by Gasteiger charge is -2.28. The third-order valence-electron chi connectivity index (χ3n) is 9.99. The summed E-state index contributed by atoms with van der Waals surface area (Å²) >= 11 is 3.22. The van der Waals surface area contributed by atoms with Gasteiger partial charge in [-0.25, -0.2) is 14.8 Å². The minimum Gasteiger partial charge on any atom is -0.477 e. The number of fused-ring (bicyclic) bond motifs is 2. The molecule has 0 aromatic carbocycles. The SMILES string of the molecule is C.Cc1ccc(Cc2cc(C(=O)N[C@H]3CCCC[C@@H]3O)nc3ccsc23)cn1.Cc1ccc(Cc2cc(C(=O)O)nc3ccsc23)cn1.N[C@H]1CCCC[C@@H]1O.S.[3HH]. The number of hydrogen-bond acceptors (Lipinski definition) is 11. The van der Waals surface area contributed by atoms with Gasteiger partial charge in [0.15, 0.2) is 0 Å². The number of pyridine rings is 4. The first-order chi connectivity index (χ1) is 26.5. The van der Waals surface area contributed by atoms with Gasteiger partial charge in [-0.3, -0.25) is 14.8 Å². The van der Waals surface area contributed by atoms with Gasteiger partial charge in [0.1, 0.15) is 11.4 Å². The Morgan fingerprint density at radius 3 is 1.70 bits per heavy atom. The molecule has 4 atom stereocenters. The number of nitrogens with one attached hydrogen (secondary N) is 1. The van der Waals surface area contributed by atoms with E-state index in [0.717, 1.165) is 99.0 Å². The zero-order valence-electron chi connectivity index (χ0n) is 31.6. The summed E-state index contributed by atoms with van der Waals surface area (Å²) < 4.78 is 2.14. The van der Waals surface area contributed by atoms with E-state index in [1.165, 1.54) is 6.42 Å². The number of aliphatic hydroxyl groups excluding tert-OH is 2. The van der Waals surface area contributed by atoms with E-state index in [1.807, 2.05) is 73.4 Å². The van der Waals surface area contributed by atoms with E-state index in [1.54, 1.807) is 28.7 Å². The fourth-order valence-electron chi connectivity index (χ4n) is 6.84. The predicted molar refractivity (Wildman–Crippen MR) is 237 cm³/mol. The molecular weight excluding hydrogens is 777 g/mol. The molecular formula is C43H56N6O5S3. The number of rotatable bonds is 7. The molecule has 57 heavy (non-hydrogen) atoms. The third kappa shape index (κ3) is 12.3. The molecule has 6 aromatic rings. The van der Waals surface area contributed by atoms with Crippen molar-refractivity contribution in [3.63, 3.8) is 0 Å². The lowest BCUT2D eigenvalue weighted by atomic mass is 9.92. The van der Waals surface area contributed by atoms with Crippen molar-refractivity contribution in [1.29, 1.82) is 0 Å². The first-order valence-electron chi connectivity index (χ1n) is 18.8. The van der Waals surface area contributed by atoms with Crippen LogP contribution in [0.15, 0.2) is 71.7 Å². The molecule has 0 saturated heterocycles. The molecule has 8 rings (SSSR count). The largest absolute Gasteiger partial charge is 0.477 e. The average Bonchev–Trinajstić information content (AvgIpc) is 3.87. The number of hydrogen-bond donors (Lipinski definition) is 5. The standard InChI is InChI=1S/C21H23N3O2S.C15H12N2O2S.C6H13NO.CH4.H2S.H2/c1-13-6-7-14(12-22-13)10-15-11-18(23-17-8-9-27-20(15)17)21(26)24-16-4-2-3-5-19(16)25;1-9-2-3-10(8-16-9)6-11-7-13(15(18)19)17-12-4-5-20-14(11)12;7-5-3-1-2-4-6(5)8;;;/h6-9,11-12,16,19,25H,2-5,10H2,1H3,(H,24,26);2-5,7-8H,6H2,1H3,(H,18,19);5-6,8H,1-4,7H2;1H4;1H2;1H/t16-,19-;;5-,6-;;;/m0.0.../s1/i;;;;;1+2. The van der Waals surface area contributed by atoms with E-state index in [9.17, 15) is 14.7 Å². The number of amides is 1. The van der Waals surface area contributed by atoms with E-state index >= 15 is 0 Å². The first kappa shape index (κ1) is 45.4. The molecule has 2 aliphatic carbocycles. The van der Waals surface area contributed by atoms with Crippen molar-refractivity contribution in [2.24, 2.45) is 5.73 Å². The molecule has 0 unspecified atom stereocenters. The maximum Gasteiger partial charge on any atom is 0.354 e. The highest BCUT2D eigenvalue weighted by atomic mass is 32.1. The fraction of sp³-hybridized carbons (Fsp3) is 0.395. The minimum absolute atomic E-state index is 0. The van der Waals surface area contributed by atoms with Crippen molar-refractivity contribution >= 4 is 68.5 Å². The lowest BCUT2D eigenvalue weighted by molar-refractivity contribution is 0.0690. The number of aryl methyl sites for hydroxylation is 2. The Labute approximate surface area is 350 Å². The molecule has 6 heterocycles. The summed E-state index contributed by atoms with van der Waals surface area (Å²) in [6.07, 6.45) is 12.2. The lowest BCUT2D eigenvalue weighted by Crippen LogP contribution is -2.45. The topological polar surface area (TPSA) is 184 Å². The fourth-order valence-corrected chi connectivity index (χ4v) is 8.54. The molecule has 1 amide bonds. The number of carbonyl (C=O) groups is 2. The van der Waals surface area contributed by atoms with Crippen LogP contribution in [0.3, 0.4) is 0 Å². The number of carboxylic acids is 1. The number of nitrogens with zero attached hydrogens (tertiary/aromatic N) is 4. The molecule has 14 heteroatoms. The molecule has 0 spiro atoms. The highest BCUT2D eigenvalue weighted by Gasteiger charge is 2.26. The molecule has 2 fully saturated rings. The van der Waals surface area contributed by atoms with E-state index in [4.69, 9.17) is 15.9 Å². The van der Waals surface area contributed by atoms with Crippen molar-refractivity contribution in [1.82, 2.24) is 25.3 Å². The van der Waals surface area contributed by atoms with Crippen molar-refractivity contribution in [3.05, 3.63) is 117 Å². The molecule has 6 aromatic heterocycles. The zero-order valence-corrected chi connectivity index (χ0v) is 34.3. The van der Waals surface area contributed by atoms with Gasteiger partial charge in [0.05, 0.1) is 38.7 Å². The second-order valence-electron chi connectivity index (χ2n) is 14.3. The molecule has 11 nitrogen and oxygen atoms in total. The molecule has 2 saturated carbocycles. The highest BCUT2D eigenvalue weighted by molar-refractivity contribution is 7.59. The number of aromatic carboxylic acids is 1. The molecule has 2 aliphatic rings. The molecule has 0 radical (unpaired) electrons. The van der Waals surface area contributed by atoms with Crippen LogP contribution in [0.4, 0.5) is 0 Å². The average molecular weight is 835 g/mol. The Hall–Kier alpha value is -4.31. The van der Waals surface area contributed by atoms with Crippen LogP contribution in [-0.2, 0) is 12.8 Å². The van der Waals surface area contributed by atoms with Crippen LogP contribution in [0.5, 0.6) is 0 Å². The Balaban J connectivity index is 0.000000256. The highest BCUT2D eigenvalue weighted by Crippen LogP contribution is 2.28. The van der Waals surface area contributed by atoms with Gasteiger partial charge in [-0.15, -0.1) is 22.7 Å². The van der Waals surface area contributed by atoms with Crippen LogP contribution in [0.1, 0.15) is 115 Å². The Morgan fingerprint density at radius 2 is 1.25 bits per heavy atom. The van der Waals surface area contributed by atoms with Crippen LogP contribution in [0.25, 0.3) is 20.4 Å². The van der Waals surface area contributed by atoms with Crippen LogP contribution < -0.4 is 11.1 Å². The van der Waals surface area contributed by atoms with Gasteiger partial charge in [0, 0.05) is 44.1 Å². The van der Waals surface area contributed by atoms with Gasteiger partial charge in [-0.05, 0) is 109 Å². The normalized spacial score (nSPS) is 18.8. The van der Waals surface area contributed by atoms with Gasteiger partial charge in [0.2, 0.25) is 0 Å². The molecule has 0 aliphatic heterocycles. The predicted octanol–water partition coefficient (Wildman–Crippen LogP) is 8.16. The molecule has 6 N–H and O–H groups in total. The number of aromatic nitrogens is 4. The van der Waals surface area contributed by atoms with Crippen LogP contribution in [0.2, 0.25) is 0 Å². The second kappa shape index (κ2) is 21.4. The summed E-state index contributed by atoms with van der Waals surface area (Å²) in [7, 11) is 0. The van der Waals surface area contributed by atoms with Gasteiger partial charge in [-0.2, -0.15) is 13.5 Å². The van der Waals surface area contributed by atoms with Crippen molar-refractivity contribution in [2.45, 2.75) is 110 Å². The van der Waals surface area contributed by atoms with E-state index in [2.05, 4.69) is 31.3 Å². The van der Waals surface area contributed by atoms with Crippen LogP contribution in [-0.4, -0.2) is 71.4 Å². The number of thiophene rings is 2. The summed E-state index contributed by atoms with van der Waals surface area (Å²) in [6.45, 7) is 3.91. The zero-order chi connectivity index (χ0) is 38.9. The number of carbonyl (C=O) groups excluding carboxylic acids is 1.